The van der Waals surface area contributed by atoms with Gasteiger partial charge in [-0.05, 0) is 18.2 Å². The number of rotatable bonds is 3. The molecule has 0 radical (unpaired) electrons. The lowest BCUT2D eigenvalue weighted by molar-refractivity contribution is -0.384. The molecule has 0 aromatic heterocycles. The van der Waals surface area contributed by atoms with Gasteiger partial charge in [-0.15, -0.1) is 0 Å². The van der Waals surface area contributed by atoms with Gasteiger partial charge in [0.05, 0.1) is 21.7 Å². The third-order valence-electron chi connectivity index (χ3n) is 2.92. The van der Waals surface area contributed by atoms with Gasteiger partial charge in [0.1, 0.15) is 5.75 Å². The van der Waals surface area contributed by atoms with Crippen molar-refractivity contribution in [2.75, 3.05) is 5.32 Å². The molecule has 1 amide bonds. The molecule has 0 aliphatic carbocycles. The zero-order valence-electron chi connectivity index (χ0n) is 11.3. The highest BCUT2D eigenvalue weighted by atomic mass is 19.4. The first-order valence-electron chi connectivity index (χ1n) is 6.15. The van der Waals surface area contributed by atoms with E-state index in [1.165, 1.54) is 6.07 Å². The second-order valence-corrected chi connectivity index (χ2v) is 4.46. The maximum Gasteiger partial charge on any atom is 0.417 e. The number of anilines is 1. The maximum absolute atomic E-state index is 12.9. The van der Waals surface area contributed by atoms with Gasteiger partial charge in [-0.2, -0.15) is 13.2 Å². The van der Waals surface area contributed by atoms with Crippen molar-refractivity contribution < 1.29 is 28.0 Å². The molecule has 0 aliphatic heterocycles. The van der Waals surface area contributed by atoms with Crippen molar-refractivity contribution in [3.63, 3.8) is 0 Å². The fraction of sp³-hybridized carbons (Fsp3) is 0.0714. The molecule has 6 nitrogen and oxygen atoms in total. The highest BCUT2D eigenvalue weighted by Gasteiger charge is 2.35. The number of non-ortho nitro benzene ring substituents is 1. The van der Waals surface area contributed by atoms with Crippen LogP contribution in [0.15, 0.2) is 42.5 Å². The molecule has 0 spiro atoms. The summed E-state index contributed by atoms with van der Waals surface area (Å²) in [4.78, 5) is 21.9. The summed E-state index contributed by atoms with van der Waals surface area (Å²) < 4.78 is 38.6. The molecule has 0 heterocycles. The number of hydrogen-bond donors (Lipinski definition) is 2. The van der Waals surface area contributed by atoms with E-state index in [0.29, 0.717) is 0 Å². The van der Waals surface area contributed by atoms with Crippen LogP contribution in [0.1, 0.15) is 15.9 Å². The van der Waals surface area contributed by atoms with Crippen LogP contribution in [0.2, 0.25) is 0 Å². The minimum atomic E-state index is -4.74. The smallest absolute Gasteiger partial charge is 0.417 e. The Morgan fingerprint density at radius 3 is 2.43 bits per heavy atom. The maximum atomic E-state index is 12.9. The van der Waals surface area contributed by atoms with Gasteiger partial charge >= 0.3 is 6.18 Å². The molecular formula is C14H9F3N2O4. The Morgan fingerprint density at radius 2 is 1.83 bits per heavy atom. The molecule has 0 fully saturated rings. The van der Waals surface area contributed by atoms with Crippen LogP contribution in [0.3, 0.4) is 0 Å². The molecule has 0 unspecified atom stereocenters. The predicted octanol–water partition coefficient (Wildman–Crippen LogP) is 3.57. The number of halogens is 3. The molecule has 0 saturated carbocycles. The summed E-state index contributed by atoms with van der Waals surface area (Å²) in [5.41, 5.74) is -2.60. The lowest BCUT2D eigenvalue weighted by Gasteiger charge is -2.13. The van der Waals surface area contributed by atoms with E-state index in [0.717, 1.165) is 36.4 Å². The van der Waals surface area contributed by atoms with Crippen molar-refractivity contribution in [3.8, 4) is 5.75 Å². The van der Waals surface area contributed by atoms with E-state index in [-0.39, 0.29) is 5.69 Å². The first-order valence-corrected chi connectivity index (χ1v) is 6.15. The van der Waals surface area contributed by atoms with Crippen LogP contribution in [-0.2, 0) is 6.18 Å². The molecule has 2 rings (SSSR count). The number of phenolic OH excluding ortho intramolecular Hbond substituents is 1. The number of benzene rings is 2. The van der Waals surface area contributed by atoms with Crippen LogP contribution in [-0.4, -0.2) is 15.9 Å². The molecule has 0 bridgehead atoms. The Hall–Kier alpha value is -3.10. The molecule has 2 aromatic rings. The molecular weight excluding hydrogens is 317 g/mol. The van der Waals surface area contributed by atoms with Gasteiger partial charge in [0.2, 0.25) is 0 Å². The van der Waals surface area contributed by atoms with Crippen molar-refractivity contribution in [1.82, 2.24) is 0 Å². The van der Waals surface area contributed by atoms with E-state index in [1.54, 1.807) is 0 Å². The number of aromatic hydroxyl groups is 1. The van der Waals surface area contributed by atoms with E-state index in [9.17, 15) is 33.2 Å². The zero-order chi connectivity index (χ0) is 17.2. The molecule has 0 atom stereocenters. The summed E-state index contributed by atoms with van der Waals surface area (Å²) in [5, 5.41) is 22.3. The second-order valence-electron chi connectivity index (χ2n) is 4.46. The van der Waals surface area contributed by atoms with Gasteiger partial charge in [-0.1, -0.05) is 12.1 Å². The molecule has 2 aromatic carbocycles. The van der Waals surface area contributed by atoms with Crippen LogP contribution in [0, 0.1) is 10.1 Å². The lowest BCUT2D eigenvalue weighted by atomic mass is 10.1. The largest absolute Gasteiger partial charge is 0.506 e. The van der Waals surface area contributed by atoms with Crippen molar-refractivity contribution >= 4 is 17.3 Å². The quantitative estimate of drug-likeness (QED) is 0.512. The van der Waals surface area contributed by atoms with Crippen molar-refractivity contribution in [3.05, 3.63) is 63.7 Å². The van der Waals surface area contributed by atoms with Crippen LogP contribution in [0.5, 0.6) is 5.75 Å². The number of nitrogens with one attached hydrogen (secondary N) is 1. The fourth-order valence-electron chi connectivity index (χ4n) is 1.86. The molecule has 0 aliphatic rings. The molecule has 9 heteroatoms. The monoisotopic (exact) mass is 326 g/mol. The van der Waals surface area contributed by atoms with E-state index >= 15 is 0 Å². The Balaban J connectivity index is 2.38. The van der Waals surface area contributed by atoms with Gasteiger partial charge in [-0.25, -0.2) is 0 Å². The summed E-state index contributed by atoms with van der Waals surface area (Å²) >= 11 is 0. The Morgan fingerprint density at radius 1 is 1.17 bits per heavy atom. The van der Waals surface area contributed by atoms with Gasteiger partial charge in [0.25, 0.3) is 11.6 Å². The van der Waals surface area contributed by atoms with Crippen LogP contribution in [0.4, 0.5) is 24.5 Å². The first kappa shape index (κ1) is 16.3. The van der Waals surface area contributed by atoms with Crippen molar-refractivity contribution in [2.45, 2.75) is 6.18 Å². The second kappa shape index (κ2) is 5.95. The highest BCUT2D eigenvalue weighted by Crippen LogP contribution is 2.33. The molecule has 23 heavy (non-hydrogen) atoms. The number of carbonyl (C=O) groups excluding carboxylic acids is 1. The summed E-state index contributed by atoms with van der Waals surface area (Å²) in [6, 6.07) is 6.89. The Kier molecular flexibility index (Phi) is 4.21. The number of nitrogens with zero attached hydrogens (tertiary/aromatic N) is 1. The van der Waals surface area contributed by atoms with Gasteiger partial charge in [0, 0.05) is 12.1 Å². The van der Waals surface area contributed by atoms with Crippen LogP contribution < -0.4 is 5.32 Å². The number of amides is 1. The lowest BCUT2D eigenvalue weighted by Crippen LogP contribution is -2.18. The van der Waals surface area contributed by atoms with E-state index < -0.39 is 39.6 Å². The zero-order valence-corrected chi connectivity index (χ0v) is 11.3. The Bertz CT molecular complexity index is 775. The normalized spacial score (nSPS) is 11.1. The van der Waals surface area contributed by atoms with Gasteiger partial charge < -0.3 is 10.4 Å². The van der Waals surface area contributed by atoms with Crippen molar-refractivity contribution in [2.24, 2.45) is 0 Å². The standard InChI is InChI=1S/C14H9F3N2O4/c15-14(16,17)10-4-2-1-3-9(10)13(21)18-11-7-8(19(22)23)5-6-12(11)20/h1-7,20H,(H,18,21). The van der Waals surface area contributed by atoms with E-state index in [2.05, 4.69) is 0 Å². The van der Waals surface area contributed by atoms with E-state index in [4.69, 9.17) is 0 Å². The average molecular weight is 326 g/mol. The number of nitro benzene ring substituents is 1. The molecule has 2 N–H and O–H groups in total. The summed E-state index contributed by atoms with van der Waals surface area (Å²) in [6.45, 7) is 0. The third-order valence-corrected chi connectivity index (χ3v) is 2.92. The minimum absolute atomic E-state index is 0.360. The Labute approximate surface area is 127 Å². The first-order chi connectivity index (χ1) is 10.7. The molecule has 0 saturated heterocycles. The molecule has 120 valence electrons. The van der Waals surface area contributed by atoms with Gasteiger partial charge in [0.15, 0.2) is 0 Å². The number of carbonyl (C=O) groups is 1. The van der Waals surface area contributed by atoms with Crippen LogP contribution in [0.25, 0.3) is 0 Å². The number of hydrogen-bond acceptors (Lipinski definition) is 4. The summed E-state index contributed by atoms with van der Waals surface area (Å²) in [7, 11) is 0. The average Bonchev–Trinajstić information content (AvgIpc) is 2.48. The van der Waals surface area contributed by atoms with Crippen molar-refractivity contribution in [1.29, 1.82) is 0 Å². The predicted molar refractivity (Wildman–Crippen MR) is 74.2 cm³/mol. The summed E-state index contributed by atoms with van der Waals surface area (Å²) in [6.07, 6.45) is -4.74. The number of alkyl halides is 3. The fourth-order valence-corrected chi connectivity index (χ4v) is 1.86. The highest BCUT2D eigenvalue weighted by molar-refractivity contribution is 6.06. The number of phenols is 1. The third kappa shape index (κ3) is 3.57. The van der Waals surface area contributed by atoms with Crippen LogP contribution >= 0.6 is 0 Å². The number of nitro groups is 1. The topological polar surface area (TPSA) is 92.5 Å². The summed E-state index contributed by atoms with van der Waals surface area (Å²) in [5.74, 6) is -1.65. The SMILES string of the molecule is O=C(Nc1cc([N+](=O)[O-])ccc1O)c1ccccc1C(F)(F)F. The van der Waals surface area contributed by atoms with Gasteiger partial charge in [-0.3, -0.25) is 14.9 Å². The van der Waals surface area contributed by atoms with E-state index in [1.807, 2.05) is 5.32 Å². The minimum Gasteiger partial charge on any atom is -0.506 e.